The third kappa shape index (κ3) is 3.38. The van der Waals surface area contributed by atoms with Crippen molar-refractivity contribution in [3.8, 4) is 22.3 Å². The molecule has 0 bridgehead atoms. The molecule has 47 heavy (non-hydrogen) atoms. The summed E-state index contributed by atoms with van der Waals surface area (Å²) >= 11 is 0. The van der Waals surface area contributed by atoms with Gasteiger partial charge in [0, 0.05) is 21.7 Å². The summed E-state index contributed by atoms with van der Waals surface area (Å²) in [5.41, 5.74) is 6.55. The van der Waals surface area contributed by atoms with Crippen LogP contribution in [0.2, 0.25) is 0 Å². The highest BCUT2D eigenvalue weighted by Crippen LogP contribution is 2.46. The van der Waals surface area contributed by atoms with E-state index in [1.807, 2.05) is 0 Å². The van der Waals surface area contributed by atoms with E-state index in [1.54, 1.807) is 0 Å². The molecule has 0 atom stereocenters. The molecule has 0 radical (unpaired) electrons. The fourth-order valence-corrected chi connectivity index (χ4v) is 8.30. The Bertz CT molecular complexity index is 3070. The summed E-state index contributed by atoms with van der Waals surface area (Å²) in [6.07, 6.45) is 0. The molecular formula is C46H26O. The molecule has 0 fully saturated rings. The lowest BCUT2D eigenvalue weighted by Gasteiger charge is -2.18. The van der Waals surface area contributed by atoms with Crippen molar-refractivity contribution in [1.82, 2.24) is 0 Å². The molecular weight excluding hydrogens is 569 g/mol. The van der Waals surface area contributed by atoms with E-state index in [0.717, 1.165) is 38.5 Å². The highest BCUT2D eigenvalue weighted by atomic mass is 16.3. The fourth-order valence-electron chi connectivity index (χ4n) is 8.30. The van der Waals surface area contributed by atoms with Gasteiger partial charge in [-0.3, -0.25) is 0 Å². The van der Waals surface area contributed by atoms with Gasteiger partial charge in [-0.1, -0.05) is 140 Å². The van der Waals surface area contributed by atoms with Crippen LogP contribution in [-0.4, -0.2) is 0 Å². The summed E-state index contributed by atoms with van der Waals surface area (Å²) in [6.45, 7) is 0. The average molecular weight is 595 g/mol. The molecule has 0 saturated carbocycles. The van der Waals surface area contributed by atoms with Crippen molar-refractivity contribution in [2.75, 3.05) is 0 Å². The van der Waals surface area contributed by atoms with E-state index in [4.69, 9.17) is 4.42 Å². The summed E-state index contributed by atoms with van der Waals surface area (Å²) in [6, 6.07) is 57.7. The lowest BCUT2D eigenvalue weighted by atomic mass is 9.85. The molecule has 0 aliphatic rings. The number of rotatable bonds is 2. The van der Waals surface area contributed by atoms with Crippen molar-refractivity contribution in [2.24, 2.45) is 0 Å². The molecule has 0 aliphatic carbocycles. The van der Waals surface area contributed by atoms with Gasteiger partial charge < -0.3 is 4.42 Å². The van der Waals surface area contributed by atoms with E-state index in [1.165, 1.54) is 70.4 Å². The molecule has 216 valence electrons. The van der Waals surface area contributed by atoms with Crippen LogP contribution in [-0.2, 0) is 0 Å². The van der Waals surface area contributed by atoms with Crippen LogP contribution in [0.3, 0.4) is 0 Å². The average Bonchev–Trinajstić information content (AvgIpc) is 3.54. The van der Waals surface area contributed by atoms with E-state index >= 15 is 0 Å². The SMILES string of the molecule is c1cc(-c2ccc3c(c2)c2cccc4c5ccccc5c5cccc3c5c42)cc(-c2cccc3c2oc2c4ccccc4ccc32)c1. The first-order valence-corrected chi connectivity index (χ1v) is 16.3. The number of fused-ring (bicyclic) bond motifs is 11. The molecule has 10 aromatic carbocycles. The van der Waals surface area contributed by atoms with Gasteiger partial charge in [0.25, 0.3) is 0 Å². The van der Waals surface area contributed by atoms with E-state index in [9.17, 15) is 0 Å². The van der Waals surface area contributed by atoms with Gasteiger partial charge in [0.2, 0.25) is 0 Å². The molecule has 11 rings (SSSR count). The number of hydrogen-bond acceptors (Lipinski definition) is 1. The van der Waals surface area contributed by atoms with Gasteiger partial charge in [-0.2, -0.15) is 0 Å². The molecule has 0 unspecified atom stereocenters. The van der Waals surface area contributed by atoms with Gasteiger partial charge >= 0.3 is 0 Å². The van der Waals surface area contributed by atoms with E-state index in [0.29, 0.717) is 0 Å². The third-order valence-corrected chi connectivity index (χ3v) is 10.4. The largest absolute Gasteiger partial charge is 0.455 e. The van der Waals surface area contributed by atoms with Crippen LogP contribution in [0.5, 0.6) is 0 Å². The minimum atomic E-state index is 0.935. The predicted molar refractivity (Wildman–Crippen MR) is 201 cm³/mol. The Kier molecular flexibility index (Phi) is 4.90. The van der Waals surface area contributed by atoms with Crippen LogP contribution in [0.4, 0.5) is 0 Å². The van der Waals surface area contributed by atoms with Crippen LogP contribution in [0.1, 0.15) is 0 Å². The Hall–Kier alpha value is -6.18. The zero-order valence-electron chi connectivity index (χ0n) is 25.4. The Balaban J connectivity index is 1.14. The van der Waals surface area contributed by atoms with Gasteiger partial charge in [0.15, 0.2) is 0 Å². The number of benzene rings is 10. The van der Waals surface area contributed by atoms with Crippen molar-refractivity contribution in [3.63, 3.8) is 0 Å². The standard InChI is InChI=1S/C46H26O/c1-2-12-31-27(9-1)21-24-41-40-20-6-15-32(46(40)47-45(31)41)30-11-5-10-28(25-30)29-22-23-35-38-18-7-16-36-33-13-3-4-14-34(33)37-17-8-19-39(42(35)26-29)44(37)43(36)38/h1-26H. The molecule has 1 heteroatoms. The smallest absolute Gasteiger partial charge is 0.143 e. The molecule has 1 aromatic heterocycles. The Morgan fingerprint density at radius 2 is 0.787 bits per heavy atom. The molecule has 1 heterocycles. The van der Waals surface area contributed by atoms with Gasteiger partial charge in [0.05, 0.1) is 0 Å². The molecule has 0 aliphatic heterocycles. The zero-order valence-corrected chi connectivity index (χ0v) is 25.4. The molecule has 0 amide bonds. The summed E-state index contributed by atoms with van der Waals surface area (Å²) < 4.78 is 6.69. The summed E-state index contributed by atoms with van der Waals surface area (Å²) in [5, 5.41) is 17.9. The van der Waals surface area contributed by atoms with Crippen molar-refractivity contribution in [1.29, 1.82) is 0 Å². The Morgan fingerprint density at radius 3 is 1.55 bits per heavy atom. The molecule has 1 nitrogen and oxygen atoms in total. The topological polar surface area (TPSA) is 13.1 Å². The second-order valence-corrected chi connectivity index (χ2v) is 12.8. The first kappa shape index (κ1) is 25.1. The van der Waals surface area contributed by atoms with E-state index < -0.39 is 0 Å². The first-order valence-electron chi connectivity index (χ1n) is 16.3. The maximum Gasteiger partial charge on any atom is 0.143 e. The maximum absolute atomic E-state index is 6.69. The summed E-state index contributed by atoms with van der Waals surface area (Å²) in [4.78, 5) is 0. The number of para-hydroxylation sites is 1. The Morgan fingerprint density at radius 1 is 0.277 bits per heavy atom. The highest BCUT2D eigenvalue weighted by molar-refractivity contribution is 6.40. The second-order valence-electron chi connectivity index (χ2n) is 12.8. The second kappa shape index (κ2) is 9.19. The zero-order chi connectivity index (χ0) is 30.6. The highest BCUT2D eigenvalue weighted by Gasteiger charge is 2.18. The monoisotopic (exact) mass is 594 g/mol. The van der Waals surface area contributed by atoms with Crippen LogP contribution < -0.4 is 0 Å². The fraction of sp³-hybridized carbons (Fsp3) is 0. The van der Waals surface area contributed by atoms with Crippen molar-refractivity contribution >= 4 is 86.6 Å². The normalized spacial score (nSPS) is 12.3. The van der Waals surface area contributed by atoms with Crippen molar-refractivity contribution in [3.05, 3.63) is 158 Å². The van der Waals surface area contributed by atoms with Gasteiger partial charge in [-0.05, 0) is 94.1 Å². The molecule has 0 saturated heterocycles. The van der Waals surface area contributed by atoms with Gasteiger partial charge in [0.1, 0.15) is 11.2 Å². The van der Waals surface area contributed by atoms with Crippen LogP contribution in [0.15, 0.2) is 162 Å². The first-order chi connectivity index (χ1) is 23.3. The van der Waals surface area contributed by atoms with E-state index in [-0.39, 0.29) is 0 Å². The molecule has 11 aromatic rings. The summed E-state index contributed by atoms with van der Waals surface area (Å²) in [5.74, 6) is 0. The number of hydrogen-bond donors (Lipinski definition) is 0. The molecule has 0 N–H and O–H groups in total. The van der Waals surface area contributed by atoms with E-state index in [2.05, 4.69) is 158 Å². The van der Waals surface area contributed by atoms with Crippen LogP contribution in [0, 0.1) is 0 Å². The van der Waals surface area contributed by atoms with Crippen molar-refractivity contribution in [2.45, 2.75) is 0 Å². The minimum Gasteiger partial charge on any atom is -0.455 e. The quantitative estimate of drug-likeness (QED) is 0.143. The predicted octanol–water partition coefficient (Wildman–Crippen LogP) is 13.3. The Labute approximate surface area is 270 Å². The lowest BCUT2D eigenvalue weighted by molar-refractivity contribution is 0.674. The van der Waals surface area contributed by atoms with Crippen LogP contribution >= 0.6 is 0 Å². The van der Waals surface area contributed by atoms with Crippen LogP contribution in [0.25, 0.3) is 109 Å². The van der Waals surface area contributed by atoms with Gasteiger partial charge in [-0.25, -0.2) is 0 Å². The lowest BCUT2D eigenvalue weighted by Crippen LogP contribution is -1.90. The third-order valence-electron chi connectivity index (χ3n) is 10.4. The minimum absolute atomic E-state index is 0.935. The maximum atomic E-state index is 6.69. The number of furan rings is 1. The van der Waals surface area contributed by atoms with Crippen molar-refractivity contribution < 1.29 is 4.42 Å². The molecule has 0 spiro atoms. The summed E-state index contributed by atoms with van der Waals surface area (Å²) in [7, 11) is 0. The van der Waals surface area contributed by atoms with Gasteiger partial charge in [-0.15, -0.1) is 0 Å².